The van der Waals surface area contributed by atoms with Crippen LogP contribution in [0.3, 0.4) is 0 Å². The van der Waals surface area contributed by atoms with Crippen molar-refractivity contribution in [2.45, 2.75) is 229 Å². The molecule has 0 amide bonds. The first-order chi connectivity index (χ1) is 29.2. The van der Waals surface area contributed by atoms with E-state index >= 15 is 0 Å². The smallest absolute Gasteiger partial charge is 0.403 e. The van der Waals surface area contributed by atoms with Crippen molar-refractivity contribution < 1.29 is 18.8 Å². The lowest BCUT2D eigenvalue weighted by atomic mass is 9.53. The Kier molecular flexibility index (Phi) is 19.1. The molecule has 0 radical (unpaired) electrons. The highest BCUT2D eigenvalue weighted by Gasteiger charge is 2.58. The number of rotatable bonds is 27. The lowest BCUT2D eigenvalue weighted by Crippen LogP contribution is -2.43. The Labute approximate surface area is 407 Å². The van der Waals surface area contributed by atoms with E-state index in [4.69, 9.17) is 18.8 Å². The number of halogens is 1. The number of alkyl halides is 1. The molecule has 0 bridgehead atoms. The van der Waals surface area contributed by atoms with Crippen LogP contribution in [-0.4, -0.2) is 76.2 Å². The molecule has 2 aliphatic rings. The summed E-state index contributed by atoms with van der Waals surface area (Å²) >= 11 is 8.52. The van der Waals surface area contributed by atoms with Crippen LogP contribution < -0.4 is 0 Å². The van der Waals surface area contributed by atoms with E-state index in [1.807, 2.05) is 0 Å². The third-order valence-corrected chi connectivity index (χ3v) is 24.6. The maximum Gasteiger partial charge on any atom is 0.468 e. The summed E-state index contributed by atoms with van der Waals surface area (Å²) in [5.74, 6) is 5.85. The van der Waals surface area contributed by atoms with Crippen LogP contribution in [0.1, 0.15) is 194 Å². The molecule has 2 aromatic rings. The van der Waals surface area contributed by atoms with Gasteiger partial charge >= 0.3 is 7.12 Å². The van der Waals surface area contributed by atoms with Crippen molar-refractivity contribution in [2.24, 2.45) is 5.41 Å². The van der Waals surface area contributed by atoms with Crippen molar-refractivity contribution in [3.63, 3.8) is 0 Å². The molecule has 0 N–H and O–H groups in total. The molecule has 0 saturated carbocycles. The van der Waals surface area contributed by atoms with Gasteiger partial charge < -0.3 is 18.8 Å². The van der Waals surface area contributed by atoms with Crippen LogP contribution in [0.4, 0.5) is 0 Å². The van der Waals surface area contributed by atoms with Crippen LogP contribution in [0.25, 0.3) is 11.1 Å². The molecule has 2 heterocycles. The van der Waals surface area contributed by atoms with Crippen LogP contribution in [0.15, 0.2) is 46.2 Å². The first kappa shape index (κ1) is 55.5. The molecule has 5 unspecified atom stereocenters. The SMILES string of the molecule is CCC(C)(COC(C)(C)CC)CSCCCS1(CCCSC(C)(CC)CCOC(C)(C)CC)c2cc(C(C)(Br)CC)ccc2-c2ccc(C(C)(CC)B3OC(C)(C)C(C)(C)O3)cc21. The molecule has 1 saturated heterocycles. The second-order valence-corrected chi connectivity index (χ2v) is 30.3. The van der Waals surface area contributed by atoms with E-state index in [9.17, 15) is 0 Å². The Bertz CT molecular complexity index is 1780. The van der Waals surface area contributed by atoms with Gasteiger partial charge in [0, 0.05) is 36.5 Å². The molecule has 4 nitrogen and oxygen atoms in total. The predicted molar refractivity (Wildman–Crippen MR) is 287 cm³/mol. The summed E-state index contributed by atoms with van der Waals surface area (Å²) in [6, 6.07) is 15.0. The Morgan fingerprint density at radius 2 is 1.17 bits per heavy atom. The predicted octanol–water partition coefficient (Wildman–Crippen LogP) is 16.8. The fraction of sp³-hybridized carbons (Fsp3) is 0.778. The first-order valence-electron chi connectivity index (χ1n) is 24.8. The molecular formula is C54H92BBrO4S3. The highest BCUT2D eigenvalue weighted by atomic mass is 79.9. The van der Waals surface area contributed by atoms with Crippen molar-refractivity contribution in [1.82, 2.24) is 0 Å². The van der Waals surface area contributed by atoms with Crippen LogP contribution in [0, 0.1) is 5.41 Å². The van der Waals surface area contributed by atoms with Crippen LogP contribution in [-0.2, 0) is 28.4 Å². The van der Waals surface area contributed by atoms with Crippen LogP contribution >= 0.6 is 49.5 Å². The van der Waals surface area contributed by atoms with Gasteiger partial charge in [0.2, 0.25) is 0 Å². The Hall–Kier alpha value is -0.125. The Morgan fingerprint density at radius 3 is 1.68 bits per heavy atom. The van der Waals surface area contributed by atoms with E-state index in [2.05, 4.69) is 200 Å². The van der Waals surface area contributed by atoms with Gasteiger partial charge in [-0.1, -0.05) is 103 Å². The minimum absolute atomic E-state index is 0.0670. The van der Waals surface area contributed by atoms with Crippen molar-refractivity contribution in [3.05, 3.63) is 47.5 Å². The fourth-order valence-electron chi connectivity index (χ4n) is 8.35. The zero-order valence-electron chi connectivity index (χ0n) is 43.6. The topological polar surface area (TPSA) is 36.9 Å². The molecule has 0 aliphatic carbocycles. The molecule has 1 fully saturated rings. The van der Waals surface area contributed by atoms with Gasteiger partial charge in [-0.25, -0.2) is 0 Å². The molecular weight excluding hydrogens is 900 g/mol. The number of fused-ring (bicyclic) bond motifs is 3. The number of hydrogen-bond acceptors (Lipinski definition) is 6. The maximum atomic E-state index is 6.87. The Balaban J connectivity index is 1.77. The summed E-state index contributed by atoms with van der Waals surface area (Å²) < 4.78 is 26.8. The summed E-state index contributed by atoms with van der Waals surface area (Å²) in [7, 11) is -1.75. The monoisotopic (exact) mass is 991 g/mol. The lowest BCUT2D eigenvalue weighted by Gasteiger charge is -2.41. The van der Waals surface area contributed by atoms with E-state index in [0.29, 0.717) is 0 Å². The first-order valence-corrected chi connectivity index (χ1v) is 29.7. The zero-order valence-corrected chi connectivity index (χ0v) is 47.6. The van der Waals surface area contributed by atoms with Gasteiger partial charge in [-0.2, -0.15) is 33.6 Å². The van der Waals surface area contributed by atoms with Gasteiger partial charge in [0.1, 0.15) is 0 Å². The zero-order chi connectivity index (χ0) is 47.3. The van der Waals surface area contributed by atoms with Gasteiger partial charge in [0.15, 0.2) is 0 Å². The van der Waals surface area contributed by atoms with Crippen molar-refractivity contribution in [2.75, 3.05) is 42.0 Å². The number of hydrogen-bond donors (Lipinski definition) is 0. The number of thioether (sulfide) groups is 2. The highest BCUT2D eigenvalue weighted by Crippen LogP contribution is 2.73. The Morgan fingerprint density at radius 1 is 0.651 bits per heavy atom. The standard InChI is InChI=1S/C54H92BBrO4S3/c1-19-47(7,8)57-32-31-52(16,22-4)62-34-26-36-63(35-25-33-61-40-51(15,21-3)39-58-48(9,10)20-2)45-37-41(53(17,23-5)55-59-49(11,12)50(13,14)60-55)27-29-43(45)44-30-28-42(38-46(44)63)54(18,56)24-6/h27-30,37-38H,19-26,31-36,39-40H2,1-18H3. The quantitative estimate of drug-likeness (QED) is 0.0504. The van der Waals surface area contributed by atoms with Gasteiger partial charge in [-0.15, -0.1) is 0 Å². The van der Waals surface area contributed by atoms with E-state index in [-0.39, 0.29) is 49.3 Å². The maximum absolute atomic E-state index is 6.87. The van der Waals surface area contributed by atoms with Gasteiger partial charge in [0.05, 0.1) is 29.0 Å². The van der Waals surface area contributed by atoms with Crippen molar-refractivity contribution in [1.29, 1.82) is 0 Å². The minimum Gasteiger partial charge on any atom is -0.403 e. The summed E-state index contributed by atoms with van der Waals surface area (Å²) in [6.45, 7) is 42.7. The minimum atomic E-state index is -1.43. The molecule has 2 aromatic carbocycles. The van der Waals surface area contributed by atoms with Crippen molar-refractivity contribution in [3.8, 4) is 11.1 Å². The second kappa shape index (κ2) is 21.7. The summed E-state index contributed by atoms with van der Waals surface area (Å²) in [6.07, 6.45) is 9.76. The summed E-state index contributed by atoms with van der Waals surface area (Å²) in [5, 5.41) is -0.302. The van der Waals surface area contributed by atoms with Crippen LogP contribution in [0.5, 0.6) is 0 Å². The summed E-state index contributed by atoms with van der Waals surface area (Å²) in [4.78, 5) is 3.20. The van der Waals surface area contributed by atoms with Crippen LogP contribution in [0.2, 0.25) is 0 Å². The molecule has 2 aliphatic heterocycles. The van der Waals surface area contributed by atoms with E-state index in [1.165, 1.54) is 46.6 Å². The normalized spacial score (nSPS) is 23.3. The average molecular weight is 992 g/mol. The largest absolute Gasteiger partial charge is 0.468 e. The van der Waals surface area contributed by atoms with Gasteiger partial charge in [-0.3, -0.25) is 0 Å². The number of benzene rings is 2. The van der Waals surface area contributed by atoms with E-state index in [1.54, 1.807) is 9.79 Å². The van der Waals surface area contributed by atoms with Crippen molar-refractivity contribution >= 4 is 56.6 Å². The molecule has 5 atom stereocenters. The third kappa shape index (κ3) is 13.0. The highest BCUT2D eigenvalue weighted by molar-refractivity contribution is 9.09. The summed E-state index contributed by atoms with van der Waals surface area (Å²) in [5.41, 5.74) is 4.88. The second-order valence-electron chi connectivity index (χ2n) is 22.3. The molecule has 4 rings (SSSR count). The lowest BCUT2D eigenvalue weighted by molar-refractivity contribution is -0.0560. The molecule has 0 spiro atoms. The van der Waals surface area contributed by atoms with Gasteiger partial charge in [-0.05, 0) is 183 Å². The molecule has 63 heavy (non-hydrogen) atoms. The third-order valence-electron chi connectivity index (χ3n) is 16.1. The van der Waals surface area contributed by atoms with E-state index < -0.39 is 10.0 Å². The van der Waals surface area contributed by atoms with Gasteiger partial charge in [0.25, 0.3) is 0 Å². The molecule has 9 heteroatoms. The molecule has 0 aromatic heterocycles. The number of ether oxygens (including phenoxy) is 2. The van der Waals surface area contributed by atoms with E-state index in [0.717, 1.165) is 75.4 Å². The molecule has 360 valence electrons. The fourth-order valence-corrected chi connectivity index (χ4v) is 16.0. The average Bonchev–Trinajstić information content (AvgIpc) is 3.65.